The number of carbonyl (C=O) groups is 2. The second kappa shape index (κ2) is 8.53. The van der Waals surface area contributed by atoms with Crippen molar-refractivity contribution in [2.75, 3.05) is 26.1 Å². The highest BCUT2D eigenvalue weighted by molar-refractivity contribution is 7.14. The van der Waals surface area contributed by atoms with Crippen LogP contribution in [0.3, 0.4) is 0 Å². The molecule has 1 N–H and O–H groups in total. The van der Waals surface area contributed by atoms with Crippen LogP contribution in [0.2, 0.25) is 0 Å². The van der Waals surface area contributed by atoms with Crippen LogP contribution in [0.1, 0.15) is 27.0 Å². The molecule has 7 heteroatoms. The van der Waals surface area contributed by atoms with E-state index >= 15 is 0 Å². The van der Waals surface area contributed by atoms with E-state index in [9.17, 15) is 9.59 Å². The number of methoxy groups -OCH3 is 2. The first-order valence-corrected chi connectivity index (χ1v) is 8.58. The number of thiophene rings is 1. The molecule has 0 radical (unpaired) electrons. The average molecular weight is 363 g/mol. The van der Waals surface area contributed by atoms with Gasteiger partial charge in [-0.2, -0.15) is 0 Å². The van der Waals surface area contributed by atoms with Gasteiger partial charge in [0, 0.05) is 10.9 Å². The summed E-state index contributed by atoms with van der Waals surface area (Å²) in [5, 5.41) is 2.65. The highest BCUT2D eigenvalue weighted by Gasteiger charge is 2.15. The normalized spacial score (nSPS) is 10.2. The first-order chi connectivity index (χ1) is 12.0. The van der Waals surface area contributed by atoms with E-state index < -0.39 is 11.9 Å². The van der Waals surface area contributed by atoms with Gasteiger partial charge in [0.25, 0.3) is 5.91 Å². The van der Waals surface area contributed by atoms with Gasteiger partial charge in [-0.05, 0) is 37.1 Å². The zero-order valence-corrected chi connectivity index (χ0v) is 15.5. The number of esters is 1. The van der Waals surface area contributed by atoms with Crippen LogP contribution in [0.5, 0.6) is 11.5 Å². The third-order valence-corrected chi connectivity index (χ3v) is 4.92. The predicted octanol–water partition coefficient (Wildman–Crippen LogP) is 3.43. The van der Waals surface area contributed by atoms with Gasteiger partial charge in [0.15, 0.2) is 6.61 Å². The van der Waals surface area contributed by atoms with E-state index in [0.717, 1.165) is 16.9 Å². The minimum Gasteiger partial charge on any atom is -0.497 e. The van der Waals surface area contributed by atoms with Crippen molar-refractivity contribution >= 4 is 28.9 Å². The quantitative estimate of drug-likeness (QED) is 0.763. The summed E-state index contributed by atoms with van der Waals surface area (Å²) in [5.74, 6) is 0.112. The minimum absolute atomic E-state index is 0.377. The molecule has 1 amide bonds. The number of hydrogen-bond acceptors (Lipinski definition) is 6. The molecule has 2 aromatic rings. The Kier molecular flexibility index (Phi) is 6.41. The molecule has 6 nitrogen and oxygen atoms in total. The van der Waals surface area contributed by atoms with E-state index in [2.05, 4.69) is 5.32 Å². The van der Waals surface area contributed by atoms with Crippen LogP contribution in [0.15, 0.2) is 24.3 Å². The predicted molar refractivity (Wildman–Crippen MR) is 96.9 cm³/mol. The Morgan fingerprint density at radius 1 is 1.16 bits per heavy atom. The maximum atomic E-state index is 12.1. The van der Waals surface area contributed by atoms with E-state index in [-0.39, 0.29) is 6.61 Å². The molecule has 0 bridgehead atoms. The zero-order chi connectivity index (χ0) is 18.4. The van der Waals surface area contributed by atoms with E-state index in [1.165, 1.54) is 25.6 Å². The number of ether oxygens (including phenoxy) is 3. The lowest BCUT2D eigenvalue weighted by Gasteiger charge is -2.11. The summed E-state index contributed by atoms with van der Waals surface area (Å²) >= 11 is 1.39. The van der Waals surface area contributed by atoms with Gasteiger partial charge in [0.05, 0.1) is 19.9 Å². The van der Waals surface area contributed by atoms with Gasteiger partial charge in [0.2, 0.25) is 0 Å². The molecule has 25 heavy (non-hydrogen) atoms. The molecule has 2 rings (SSSR count). The second-order valence-electron chi connectivity index (χ2n) is 5.26. The molecule has 1 heterocycles. The van der Waals surface area contributed by atoms with Gasteiger partial charge in [0.1, 0.15) is 16.4 Å². The molecule has 1 aromatic heterocycles. The van der Waals surface area contributed by atoms with Gasteiger partial charge in [-0.1, -0.05) is 6.92 Å². The lowest BCUT2D eigenvalue weighted by atomic mass is 10.2. The van der Waals surface area contributed by atoms with Crippen molar-refractivity contribution < 1.29 is 23.8 Å². The van der Waals surface area contributed by atoms with Gasteiger partial charge in [-0.15, -0.1) is 11.3 Å². The number of rotatable bonds is 7. The maximum absolute atomic E-state index is 12.1. The van der Waals surface area contributed by atoms with Crippen molar-refractivity contribution in [1.82, 2.24) is 0 Å². The SMILES string of the molecule is CCc1sc(C(=O)OCC(=O)Nc2cc(OC)ccc2OC)cc1C. The molecule has 0 saturated carbocycles. The van der Waals surface area contributed by atoms with Crippen LogP contribution in [-0.4, -0.2) is 32.7 Å². The number of amides is 1. The fourth-order valence-electron chi connectivity index (χ4n) is 2.27. The standard InChI is InChI=1S/C18H21NO5S/c1-5-15-11(2)8-16(25-15)18(21)24-10-17(20)19-13-9-12(22-3)6-7-14(13)23-4/h6-9H,5,10H2,1-4H3,(H,19,20). The number of benzene rings is 1. The minimum atomic E-state index is -0.499. The Morgan fingerprint density at radius 3 is 2.52 bits per heavy atom. The van der Waals surface area contributed by atoms with Crippen LogP contribution < -0.4 is 14.8 Å². The molecule has 134 valence electrons. The van der Waals surface area contributed by atoms with Gasteiger partial charge < -0.3 is 19.5 Å². The molecule has 0 saturated heterocycles. The van der Waals surface area contributed by atoms with Crippen molar-refractivity contribution in [2.24, 2.45) is 0 Å². The highest BCUT2D eigenvalue weighted by atomic mass is 32.1. The lowest BCUT2D eigenvalue weighted by Crippen LogP contribution is -2.21. The third kappa shape index (κ3) is 4.73. The molecule has 0 aliphatic heterocycles. The number of aryl methyl sites for hydroxylation is 2. The summed E-state index contributed by atoms with van der Waals surface area (Å²) in [5.41, 5.74) is 1.51. The molecular formula is C18H21NO5S. The van der Waals surface area contributed by atoms with Crippen molar-refractivity contribution in [2.45, 2.75) is 20.3 Å². The Morgan fingerprint density at radius 2 is 1.92 bits per heavy atom. The topological polar surface area (TPSA) is 73.9 Å². The molecule has 0 fully saturated rings. The molecule has 1 aromatic carbocycles. The van der Waals surface area contributed by atoms with Gasteiger partial charge in [-0.25, -0.2) is 4.79 Å². The summed E-state index contributed by atoms with van der Waals surface area (Å²) in [6, 6.07) is 6.82. The van der Waals surface area contributed by atoms with Crippen molar-refractivity contribution in [3.05, 3.63) is 39.6 Å². The van der Waals surface area contributed by atoms with Crippen LogP contribution in [0.25, 0.3) is 0 Å². The molecule has 0 unspecified atom stereocenters. The van der Waals surface area contributed by atoms with E-state index in [4.69, 9.17) is 14.2 Å². The van der Waals surface area contributed by atoms with Crippen LogP contribution >= 0.6 is 11.3 Å². The van der Waals surface area contributed by atoms with Crippen molar-refractivity contribution in [1.29, 1.82) is 0 Å². The van der Waals surface area contributed by atoms with Gasteiger partial charge >= 0.3 is 5.97 Å². The maximum Gasteiger partial charge on any atom is 0.348 e. The Bertz CT molecular complexity index is 769. The van der Waals surface area contributed by atoms with Crippen LogP contribution in [0, 0.1) is 6.92 Å². The molecule has 0 spiro atoms. The van der Waals surface area contributed by atoms with Crippen molar-refractivity contribution in [3.8, 4) is 11.5 Å². The smallest absolute Gasteiger partial charge is 0.348 e. The van der Waals surface area contributed by atoms with Crippen LogP contribution in [-0.2, 0) is 16.0 Å². The number of hydrogen-bond donors (Lipinski definition) is 1. The highest BCUT2D eigenvalue weighted by Crippen LogP contribution is 2.29. The zero-order valence-electron chi connectivity index (χ0n) is 14.7. The van der Waals surface area contributed by atoms with E-state index in [1.54, 1.807) is 24.3 Å². The third-order valence-electron chi connectivity index (χ3n) is 3.56. The van der Waals surface area contributed by atoms with Gasteiger partial charge in [-0.3, -0.25) is 4.79 Å². The second-order valence-corrected chi connectivity index (χ2v) is 6.40. The first kappa shape index (κ1) is 18.8. The summed E-state index contributed by atoms with van der Waals surface area (Å²) in [7, 11) is 3.03. The van der Waals surface area contributed by atoms with Crippen LogP contribution in [0.4, 0.5) is 5.69 Å². The Hall–Kier alpha value is -2.54. The number of anilines is 1. The monoisotopic (exact) mass is 363 g/mol. The fourth-order valence-corrected chi connectivity index (χ4v) is 3.28. The van der Waals surface area contributed by atoms with E-state index in [1.807, 2.05) is 13.8 Å². The molecule has 0 aliphatic rings. The summed E-state index contributed by atoms with van der Waals surface area (Å²) in [6.45, 7) is 3.61. The fraction of sp³-hybridized carbons (Fsp3) is 0.333. The Labute approximate surface area is 150 Å². The summed E-state index contributed by atoms with van der Waals surface area (Å²) in [4.78, 5) is 25.8. The van der Waals surface area contributed by atoms with Crippen molar-refractivity contribution in [3.63, 3.8) is 0 Å². The van der Waals surface area contributed by atoms with E-state index in [0.29, 0.717) is 22.1 Å². The largest absolute Gasteiger partial charge is 0.497 e. The number of nitrogens with one attached hydrogen (secondary N) is 1. The first-order valence-electron chi connectivity index (χ1n) is 7.76. The molecule has 0 aliphatic carbocycles. The lowest BCUT2D eigenvalue weighted by molar-refractivity contribution is -0.119. The average Bonchev–Trinajstić information content (AvgIpc) is 3.00. The number of carbonyl (C=O) groups excluding carboxylic acids is 2. The summed E-state index contributed by atoms with van der Waals surface area (Å²) in [6.07, 6.45) is 0.861. The Balaban J connectivity index is 1.97. The molecule has 0 atom stereocenters. The molecular weight excluding hydrogens is 342 g/mol. The summed E-state index contributed by atoms with van der Waals surface area (Å²) < 4.78 is 15.4.